The van der Waals surface area contributed by atoms with Crippen molar-refractivity contribution in [2.75, 3.05) is 37.0 Å². The second kappa shape index (κ2) is 11.9. The number of rotatable bonds is 9. The lowest BCUT2D eigenvalue weighted by atomic mass is 10.0. The minimum atomic E-state index is -3.59. The summed E-state index contributed by atoms with van der Waals surface area (Å²) in [6, 6.07) is 17.5. The van der Waals surface area contributed by atoms with Crippen molar-refractivity contribution in [3.8, 4) is 5.75 Å². The Morgan fingerprint density at radius 1 is 1.05 bits per heavy atom. The van der Waals surface area contributed by atoms with Crippen LogP contribution in [-0.2, 0) is 16.4 Å². The zero-order valence-corrected chi connectivity index (χ0v) is 24.4. The van der Waals surface area contributed by atoms with Crippen LogP contribution < -0.4 is 15.8 Å². The fourth-order valence-corrected chi connectivity index (χ4v) is 10.7. The summed E-state index contributed by atoms with van der Waals surface area (Å²) in [5.41, 5.74) is 9.03. The zero-order chi connectivity index (χ0) is 26.7. The van der Waals surface area contributed by atoms with Gasteiger partial charge in [0.05, 0.1) is 11.7 Å². The lowest BCUT2D eigenvalue weighted by Crippen LogP contribution is -2.42. The minimum absolute atomic E-state index is 0.235. The highest BCUT2D eigenvalue weighted by Gasteiger charge is 2.31. The second-order valence-corrected chi connectivity index (χ2v) is 15.3. The van der Waals surface area contributed by atoms with Crippen LogP contribution >= 0.6 is 34.9 Å². The van der Waals surface area contributed by atoms with Crippen molar-refractivity contribution in [3.63, 3.8) is 0 Å². The first-order valence-corrected chi connectivity index (χ1v) is 16.8. The maximum Gasteiger partial charge on any atom is 0.252 e. The fraction of sp³-hybridized carbons (Fsp3) is 0.370. The molecular weight excluding hydrogens is 559 g/mol. The van der Waals surface area contributed by atoms with Gasteiger partial charge in [-0.1, -0.05) is 18.2 Å². The van der Waals surface area contributed by atoms with E-state index in [1.807, 2.05) is 23.5 Å². The summed E-state index contributed by atoms with van der Waals surface area (Å²) < 4.78 is 34.6. The maximum absolute atomic E-state index is 13.4. The molecule has 202 valence electrons. The monoisotopic (exact) mass is 589 g/mol. The van der Waals surface area contributed by atoms with Gasteiger partial charge in [-0.2, -0.15) is 4.31 Å². The number of thioether (sulfide) groups is 2. The van der Waals surface area contributed by atoms with E-state index in [1.165, 1.54) is 35.5 Å². The number of anilines is 1. The van der Waals surface area contributed by atoms with E-state index in [0.29, 0.717) is 45.2 Å². The number of ether oxygens (including phenoxy) is 1. The van der Waals surface area contributed by atoms with Gasteiger partial charge in [0, 0.05) is 58.7 Å². The molecule has 5 rings (SSSR count). The number of piperidine rings is 1. The molecule has 7 nitrogen and oxygen atoms in total. The first-order valence-electron chi connectivity index (χ1n) is 12.5. The lowest BCUT2D eigenvalue weighted by molar-refractivity contribution is 0.0999. The fourth-order valence-electron chi connectivity index (χ4n) is 4.83. The van der Waals surface area contributed by atoms with E-state index in [9.17, 15) is 13.2 Å². The van der Waals surface area contributed by atoms with Gasteiger partial charge >= 0.3 is 0 Å². The quantitative estimate of drug-likeness (QED) is 0.354. The highest BCUT2D eigenvalue weighted by atomic mass is 32.2. The molecule has 2 aliphatic rings. The van der Waals surface area contributed by atoms with E-state index in [4.69, 9.17) is 10.5 Å². The summed E-state index contributed by atoms with van der Waals surface area (Å²) in [5, 5.41) is 3.58. The predicted molar refractivity (Wildman–Crippen MR) is 158 cm³/mol. The zero-order valence-electron chi connectivity index (χ0n) is 21.1. The Morgan fingerprint density at radius 3 is 2.42 bits per heavy atom. The third-order valence-electron chi connectivity index (χ3n) is 6.83. The van der Waals surface area contributed by atoms with Gasteiger partial charge in [0.1, 0.15) is 9.96 Å². The van der Waals surface area contributed by atoms with Crippen LogP contribution in [-0.4, -0.2) is 56.4 Å². The van der Waals surface area contributed by atoms with E-state index in [1.54, 1.807) is 34.6 Å². The average Bonchev–Trinajstić information content (AvgIpc) is 3.63. The molecule has 1 aromatic heterocycles. The molecule has 0 atom stereocenters. The standard InChI is InChI=1S/C27H31N3O4S4/c1-34-24-4-2-3-22(26(28)31)23(24)17-21-9-10-25(37-21)38(32,33)30-13-11-20(12-14-30)29-19-7-5-18(6-8-19)27-35-15-16-36-27/h2-10,20,27,29H,11-17H2,1H3,(H2,28,31). The largest absolute Gasteiger partial charge is 0.496 e. The van der Waals surface area contributed by atoms with Gasteiger partial charge in [-0.25, -0.2) is 8.42 Å². The first-order chi connectivity index (χ1) is 18.3. The molecule has 2 aromatic carbocycles. The van der Waals surface area contributed by atoms with Crippen LogP contribution in [0.5, 0.6) is 5.75 Å². The van der Waals surface area contributed by atoms with Gasteiger partial charge in [0.15, 0.2) is 0 Å². The van der Waals surface area contributed by atoms with Gasteiger partial charge in [0.25, 0.3) is 10.0 Å². The van der Waals surface area contributed by atoms with Crippen LogP contribution in [0.1, 0.15) is 43.8 Å². The first kappa shape index (κ1) is 27.4. The SMILES string of the molecule is COc1cccc(C(N)=O)c1Cc1ccc(S(=O)(=O)N2CCC(Nc3ccc(C4SCCS4)cc3)CC2)s1. The molecule has 2 saturated heterocycles. The molecular formula is C27H31N3O4S4. The average molecular weight is 590 g/mol. The molecule has 0 aliphatic carbocycles. The van der Waals surface area contributed by atoms with Gasteiger partial charge in [0.2, 0.25) is 5.91 Å². The molecule has 1 amide bonds. The van der Waals surface area contributed by atoms with Crippen LogP contribution in [0.25, 0.3) is 0 Å². The van der Waals surface area contributed by atoms with Crippen molar-refractivity contribution in [3.05, 3.63) is 76.2 Å². The van der Waals surface area contributed by atoms with Crippen molar-refractivity contribution >= 4 is 56.5 Å². The lowest BCUT2D eigenvalue weighted by Gasteiger charge is -2.31. The van der Waals surface area contributed by atoms with Crippen LogP contribution in [0.2, 0.25) is 0 Å². The molecule has 0 radical (unpaired) electrons. The van der Waals surface area contributed by atoms with Crippen LogP contribution in [0.3, 0.4) is 0 Å². The van der Waals surface area contributed by atoms with E-state index >= 15 is 0 Å². The Morgan fingerprint density at radius 2 is 1.76 bits per heavy atom. The number of thiophene rings is 1. The normalized spacial score (nSPS) is 17.5. The molecule has 3 N–H and O–H groups in total. The molecule has 0 unspecified atom stereocenters. The van der Waals surface area contributed by atoms with Crippen molar-refractivity contribution in [2.45, 2.75) is 34.1 Å². The number of hydrogen-bond donors (Lipinski definition) is 2. The number of nitrogens with zero attached hydrogens (tertiary/aromatic N) is 1. The van der Waals surface area contributed by atoms with Crippen molar-refractivity contribution in [1.29, 1.82) is 0 Å². The number of carbonyl (C=O) groups is 1. The Kier molecular flexibility index (Phi) is 8.59. The topological polar surface area (TPSA) is 102 Å². The third kappa shape index (κ3) is 6.02. The smallest absolute Gasteiger partial charge is 0.252 e. The summed E-state index contributed by atoms with van der Waals surface area (Å²) in [7, 11) is -2.05. The molecule has 0 bridgehead atoms. The number of sulfonamides is 1. The van der Waals surface area contributed by atoms with Crippen LogP contribution in [0.15, 0.2) is 58.8 Å². The van der Waals surface area contributed by atoms with E-state index in [0.717, 1.165) is 23.4 Å². The molecule has 38 heavy (non-hydrogen) atoms. The summed E-state index contributed by atoms with van der Waals surface area (Å²) in [6.45, 7) is 0.942. The highest BCUT2D eigenvalue weighted by molar-refractivity contribution is 8.19. The second-order valence-electron chi connectivity index (χ2n) is 9.27. The Balaban J connectivity index is 1.20. The van der Waals surface area contributed by atoms with E-state index in [-0.39, 0.29) is 6.04 Å². The Hall–Kier alpha value is -2.18. The Labute approximate surface area is 236 Å². The molecule has 3 aromatic rings. The number of methoxy groups -OCH3 is 1. The molecule has 3 heterocycles. The van der Waals surface area contributed by atoms with E-state index < -0.39 is 15.9 Å². The number of nitrogens with one attached hydrogen (secondary N) is 1. The maximum atomic E-state index is 13.4. The molecule has 2 aliphatic heterocycles. The van der Waals surface area contributed by atoms with Crippen molar-refractivity contribution in [2.24, 2.45) is 5.73 Å². The summed E-state index contributed by atoms with van der Waals surface area (Å²) in [6.07, 6.45) is 1.86. The van der Waals surface area contributed by atoms with E-state index in [2.05, 4.69) is 29.6 Å². The number of nitrogens with two attached hydrogens (primary N) is 1. The summed E-state index contributed by atoms with van der Waals surface area (Å²) >= 11 is 5.23. The Bertz CT molecular complexity index is 1380. The van der Waals surface area contributed by atoms with Crippen LogP contribution in [0, 0.1) is 0 Å². The van der Waals surface area contributed by atoms with Crippen molar-refractivity contribution < 1.29 is 17.9 Å². The molecule has 11 heteroatoms. The van der Waals surface area contributed by atoms with Gasteiger partial charge < -0.3 is 15.8 Å². The molecule has 0 spiro atoms. The number of amides is 1. The highest BCUT2D eigenvalue weighted by Crippen LogP contribution is 2.45. The minimum Gasteiger partial charge on any atom is -0.496 e. The third-order valence-corrected chi connectivity index (χ3v) is 13.4. The summed E-state index contributed by atoms with van der Waals surface area (Å²) in [4.78, 5) is 12.7. The number of hydrogen-bond acceptors (Lipinski definition) is 8. The number of carbonyl (C=O) groups excluding carboxylic acids is 1. The van der Waals surface area contributed by atoms with Gasteiger partial charge in [-0.15, -0.1) is 34.9 Å². The summed E-state index contributed by atoms with van der Waals surface area (Å²) in [5.74, 6) is 2.44. The van der Waals surface area contributed by atoms with Gasteiger partial charge in [-0.3, -0.25) is 4.79 Å². The molecule has 0 saturated carbocycles. The number of benzene rings is 2. The predicted octanol–water partition coefficient (Wildman–Crippen LogP) is 5.19. The number of primary amides is 1. The van der Waals surface area contributed by atoms with Gasteiger partial charge in [-0.05, 0) is 54.8 Å². The van der Waals surface area contributed by atoms with Crippen molar-refractivity contribution in [1.82, 2.24) is 4.31 Å². The van der Waals surface area contributed by atoms with Crippen LogP contribution in [0.4, 0.5) is 5.69 Å². The molecule has 2 fully saturated rings.